The number of hydrogen-bond donors (Lipinski definition) is 1. The van der Waals surface area contributed by atoms with Gasteiger partial charge in [-0.3, -0.25) is 0 Å². The molecular weight excluding hydrogens is 289 g/mol. The maximum absolute atomic E-state index is 13.3. The third kappa shape index (κ3) is 2.36. The fourth-order valence-electron chi connectivity index (χ4n) is 2.52. The van der Waals surface area contributed by atoms with Crippen LogP contribution in [0.2, 0.25) is 5.02 Å². The molecular formula is C16H15ClFN3. The number of hydrogen-bond acceptors (Lipinski definition) is 2. The summed E-state index contributed by atoms with van der Waals surface area (Å²) < 4.78 is 15.3. The largest absolute Gasteiger partial charge is 0.398 e. The predicted molar refractivity (Wildman–Crippen MR) is 84.9 cm³/mol. The molecule has 0 amide bonds. The van der Waals surface area contributed by atoms with E-state index in [2.05, 4.69) is 23.4 Å². The normalized spacial score (nSPS) is 11.5. The van der Waals surface area contributed by atoms with Gasteiger partial charge < -0.3 is 10.3 Å². The molecule has 0 saturated carbocycles. The number of nitrogens with two attached hydrogens (primary N) is 1. The average Bonchev–Trinajstić information content (AvgIpc) is 2.76. The van der Waals surface area contributed by atoms with Crippen molar-refractivity contribution in [3.8, 4) is 11.4 Å². The van der Waals surface area contributed by atoms with Crippen molar-refractivity contribution in [1.82, 2.24) is 9.55 Å². The molecule has 3 rings (SSSR count). The quantitative estimate of drug-likeness (QED) is 0.700. The summed E-state index contributed by atoms with van der Waals surface area (Å²) >= 11 is 6.03. The minimum Gasteiger partial charge on any atom is -0.398 e. The van der Waals surface area contributed by atoms with Crippen LogP contribution < -0.4 is 5.73 Å². The van der Waals surface area contributed by atoms with Crippen LogP contribution in [-0.2, 0) is 0 Å². The smallest absolute Gasteiger partial charge is 0.143 e. The molecule has 3 aromatic rings. The van der Waals surface area contributed by atoms with Gasteiger partial charge in [-0.05, 0) is 50.2 Å². The maximum Gasteiger partial charge on any atom is 0.143 e. The lowest BCUT2D eigenvalue weighted by Gasteiger charge is -2.14. The lowest BCUT2D eigenvalue weighted by atomic mass is 10.1. The van der Waals surface area contributed by atoms with Gasteiger partial charge in [0.25, 0.3) is 0 Å². The second kappa shape index (κ2) is 5.04. The van der Waals surface area contributed by atoms with Crippen molar-refractivity contribution in [3.63, 3.8) is 0 Å². The van der Waals surface area contributed by atoms with Gasteiger partial charge in [0.15, 0.2) is 0 Å². The fourth-order valence-corrected chi connectivity index (χ4v) is 2.69. The molecule has 2 aromatic carbocycles. The molecule has 0 atom stereocenters. The molecule has 2 N–H and O–H groups in total. The van der Waals surface area contributed by atoms with E-state index in [0.717, 1.165) is 22.4 Å². The Morgan fingerprint density at radius 2 is 1.95 bits per heavy atom. The highest BCUT2D eigenvalue weighted by molar-refractivity contribution is 6.31. The van der Waals surface area contributed by atoms with Crippen LogP contribution in [0.4, 0.5) is 10.1 Å². The lowest BCUT2D eigenvalue weighted by molar-refractivity contribution is 0.622. The van der Waals surface area contributed by atoms with Crippen molar-refractivity contribution in [2.45, 2.75) is 19.9 Å². The van der Waals surface area contributed by atoms with E-state index in [-0.39, 0.29) is 11.9 Å². The van der Waals surface area contributed by atoms with Crippen LogP contribution in [0.15, 0.2) is 36.4 Å². The minimum atomic E-state index is -0.355. The lowest BCUT2D eigenvalue weighted by Crippen LogP contribution is -2.04. The number of aromatic nitrogens is 2. The van der Waals surface area contributed by atoms with E-state index >= 15 is 0 Å². The number of rotatable bonds is 2. The average molecular weight is 304 g/mol. The van der Waals surface area contributed by atoms with Gasteiger partial charge in [0.05, 0.1) is 11.0 Å². The van der Waals surface area contributed by atoms with Gasteiger partial charge in [0, 0.05) is 22.3 Å². The third-order valence-electron chi connectivity index (χ3n) is 3.42. The monoisotopic (exact) mass is 303 g/mol. The fraction of sp³-hybridized carbons (Fsp3) is 0.188. The molecule has 0 radical (unpaired) electrons. The van der Waals surface area contributed by atoms with Crippen molar-refractivity contribution in [1.29, 1.82) is 0 Å². The van der Waals surface area contributed by atoms with E-state index < -0.39 is 0 Å². The number of fused-ring (bicyclic) bond motifs is 1. The molecule has 0 aliphatic carbocycles. The summed E-state index contributed by atoms with van der Waals surface area (Å²) in [6.07, 6.45) is 0. The first kappa shape index (κ1) is 13.9. The van der Waals surface area contributed by atoms with Crippen LogP contribution >= 0.6 is 11.6 Å². The number of anilines is 1. The van der Waals surface area contributed by atoms with E-state index in [0.29, 0.717) is 10.7 Å². The SMILES string of the molecule is CC(C)n1c(-c2ccc(F)cc2N)nc2cc(Cl)ccc21. The van der Waals surface area contributed by atoms with Gasteiger partial charge in [-0.25, -0.2) is 9.37 Å². The Bertz CT molecular complexity index is 824. The van der Waals surface area contributed by atoms with E-state index in [1.54, 1.807) is 6.07 Å². The van der Waals surface area contributed by atoms with Gasteiger partial charge in [-0.15, -0.1) is 0 Å². The third-order valence-corrected chi connectivity index (χ3v) is 3.66. The van der Waals surface area contributed by atoms with Crippen molar-refractivity contribution < 1.29 is 4.39 Å². The summed E-state index contributed by atoms with van der Waals surface area (Å²) in [6.45, 7) is 4.14. The molecule has 0 spiro atoms. The molecule has 21 heavy (non-hydrogen) atoms. The van der Waals surface area contributed by atoms with Crippen LogP contribution in [0.1, 0.15) is 19.9 Å². The van der Waals surface area contributed by atoms with Gasteiger partial charge in [0.2, 0.25) is 0 Å². The number of nitrogens with zero attached hydrogens (tertiary/aromatic N) is 2. The Labute approximate surface area is 127 Å². The van der Waals surface area contributed by atoms with Crippen LogP contribution in [0.25, 0.3) is 22.4 Å². The molecule has 1 aromatic heterocycles. The molecule has 0 aliphatic rings. The Hall–Kier alpha value is -2.07. The number of benzene rings is 2. The Balaban J connectivity index is 2.33. The summed E-state index contributed by atoms with van der Waals surface area (Å²) in [7, 11) is 0. The molecule has 108 valence electrons. The topological polar surface area (TPSA) is 43.8 Å². The summed E-state index contributed by atoms with van der Waals surface area (Å²) in [4.78, 5) is 4.63. The molecule has 0 fully saturated rings. The molecule has 0 unspecified atom stereocenters. The summed E-state index contributed by atoms with van der Waals surface area (Å²) in [5.41, 5.74) is 8.83. The molecule has 0 aliphatic heterocycles. The Morgan fingerprint density at radius 3 is 2.62 bits per heavy atom. The molecule has 5 heteroatoms. The summed E-state index contributed by atoms with van der Waals surface area (Å²) in [6, 6.07) is 10.1. The molecule has 1 heterocycles. The second-order valence-electron chi connectivity index (χ2n) is 5.26. The van der Waals surface area contributed by atoms with Gasteiger partial charge >= 0.3 is 0 Å². The maximum atomic E-state index is 13.3. The number of halogens is 2. The van der Waals surface area contributed by atoms with Crippen LogP contribution in [0.5, 0.6) is 0 Å². The highest BCUT2D eigenvalue weighted by Crippen LogP contribution is 2.32. The molecule has 0 saturated heterocycles. The summed E-state index contributed by atoms with van der Waals surface area (Å²) in [5.74, 6) is 0.367. The van der Waals surface area contributed by atoms with E-state index in [4.69, 9.17) is 17.3 Å². The molecule has 0 bridgehead atoms. The summed E-state index contributed by atoms with van der Waals surface area (Å²) in [5, 5.41) is 0.634. The van der Waals surface area contributed by atoms with Crippen molar-refractivity contribution >= 4 is 28.3 Å². The van der Waals surface area contributed by atoms with Gasteiger partial charge in [0.1, 0.15) is 11.6 Å². The first-order chi connectivity index (χ1) is 9.97. The van der Waals surface area contributed by atoms with Crippen molar-refractivity contribution in [3.05, 3.63) is 47.2 Å². The van der Waals surface area contributed by atoms with Crippen LogP contribution in [-0.4, -0.2) is 9.55 Å². The Kier molecular flexibility index (Phi) is 3.33. The standard InChI is InChI=1S/C16H15ClFN3/c1-9(2)21-15-6-3-10(17)7-14(15)20-16(21)12-5-4-11(18)8-13(12)19/h3-9H,19H2,1-2H3. The predicted octanol–water partition coefficient (Wildman–Crippen LogP) is 4.66. The van der Waals surface area contributed by atoms with E-state index in [1.165, 1.54) is 12.1 Å². The first-order valence-corrected chi connectivity index (χ1v) is 7.08. The van der Waals surface area contributed by atoms with Crippen LogP contribution in [0.3, 0.4) is 0 Å². The zero-order chi connectivity index (χ0) is 15.1. The number of imidazole rings is 1. The van der Waals surface area contributed by atoms with Crippen LogP contribution in [0, 0.1) is 5.82 Å². The highest BCUT2D eigenvalue weighted by Gasteiger charge is 2.17. The van der Waals surface area contributed by atoms with Gasteiger partial charge in [-0.2, -0.15) is 0 Å². The minimum absolute atomic E-state index is 0.190. The zero-order valence-corrected chi connectivity index (χ0v) is 12.5. The first-order valence-electron chi connectivity index (χ1n) is 6.70. The zero-order valence-electron chi connectivity index (χ0n) is 11.8. The van der Waals surface area contributed by atoms with E-state index in [9.17, 15) is 4.39 Å². The Morgan fingerprint density at radius 1 is 1.19 bits per heavy atom. The highest BCUT2D eigenvalue weighted by atomic mass is 35.5. The van der Waals surface area contributed by atoms with Gasteiger partial charge in [-0.1, -0.05) is 11.6 Å². The van der Waals surface area contributed by atoms with Crippen molar-refractivity contribution in [2.75, 3.05) is 5.73 Å². The van der Waals surface area contributed by atoms with Crippen molar-refractivity contribution in [2.24, 2.45) is 0 Å². The second-order valence-corrected chi connectivity index (χ2v) is 5.70. The number of nitrogen functional groups attached to an aromatic ring is 1. The van der Waals surface area contributed by atoms with E-state index in [1.807, 2.05) is 18.2 Å². The molecule has 3 nitrogen and oxygen atoms in total.